The smallest absolute Gasteiger partial charge is 0.196 e. The number of rotatable bonds is 9. The van der Waals surface area contributed by atoms with E-state index in [1.54, 1.807) is 39.5 Å². The van der Waals surface area contributed by atoms with Crippen LogP contribution in [0.15, 0.2) is 253 Å². The zero-order valence-electron chi connectivity index (χ0n) is 43.2. The first-order valence-corrected chi connectivity index (χ1v) is 25.4. The van der Waals surface area contributed by atoms with E-state index in [4.69, 9.17) is 28.4 Å². The molecule has 0 unspecified atom stereocenters. The third-order valence-electron chi connectivity index (χ3n) is 13.4. The Morgan fingerprint density at radius 2 is 0.526 bits per heavy atom. The molecule has 0 radical (unpaired) electrons. The molecule has 9 aromatic rings. The Morgan fingerprint density at radius 1 is 0.295 bits per heavy atom. The molecular weight excluding hydrogens is 973 g/mol. The van der Waals surface area contributed by atoms with Crippen molar-refractivity contribution >= 4 is 35.6 Å². The van der Waals surface area contributed by atoms with E-state index in [1.165, 1.54) is 0 Å². The number of benzene rings is 9. The summed E-state index contributed by atoms with van der Waals surface area (Å²) in [4.78, 5) is 39.5. The zero-order valence-corrected chi connectivity index (χ0v) is 43.2. The minimum atomic E-state index is -0.430. The van der Waals surface area contributed by atoms with Crippen LogP contribution in [0.3, 0.4) is 0 Å². The maximum atomic E-state index is 13.2. The van der Waals surface area contributed by atoms with Gasteiger partial charge in [0.25, 0.3) is 0 Å². The molecule has 0 N–H and O–H groups in total. The second-order valence-corrected chi connectivity index (χ2v) is 18.3. The Hall–Kier alpha value is -9.99. The Morgan fingerprint density at radius 3 is 0.769 bits per heavy atom. The lowest BCUT2D eigenvalue weighted by Gasteiger charge is -2.28. The molecule has 0 amide bonds. The first kappa shape index (κ1) is 51.5. The predicted octanol–water partition coefficient (Wildman–Crippen LogP) is 15.3. The second kappa shape index (κ2) is 24.1. The summed E-state index contributed by atoms with van der Waals surface area (Å²) in [5, 5.41) is 0. The highest BCUT2D eigenvalue weighted by molar-refractivity contribution is 6.16. The molecule has 0 bridgehead atoms. The fourth-order valence-electron chi connectivity index (χ4n) is 9.36. The van der Waals surface area contributed by atoms with Gasteiger partial charge < -0.3 is 28.4 Å². The third-order valence-corrected chi connectivity index (χ3v) is 13.4. The number of carbonyl (C=O) groups excluding carboxylic acids is 3. The molecule has 3 aliphatic heterocycles. The standard InChI is InChI=1S/3C23H18O3/c3*1-25-18-13-11-16(12-14-18)15-20-22(24)19-9-5-6-10-21(19)26-23(20)17-7-3-2-4-8-17/h3*2-15,23H,1H3/b3*20-15-/t3*23-/m111/s1. The molecule has 12 rings (SSSR count). The number of ether oxygens (including phenoxy) is 6. The van der Waals surface area contributed by atoms with E-state index < -0.39 is 18.3 Å². The summed E-state index contributed by atoms with van der Waals surface area (Å²) < 4.78 is 34.2. The summed E-state index contributed by atoms with van der Waals surface area (Å²) in [5.41, 5.74) is 9.31. The van der Waals surface area contributed by atoms with Crippen molar-refractivity contribution < 1.29 is 42.8 Å². The number of ketones is 3. The van der Waals surface area contributed by atoms with Gasteiger partial charge in [-0.25, -0.2) is 0 Å². The van der Waals surface area contributed by atoms with Crippen LogP contribution < -0.4 is 28.4 Å². The van der Waals surface area contributed by atoms with Crippen LogP contribution in [0.2, 0.25) is 0 Å². The number of fused-ring (bicyclic) bond motifs is 3. The molecule has 0 spiro atoms. The van der Waals surface area contributed by atoms with Crippen LogP contribution in [0.25, 0.3) is 18.2 Å². The average molecular weight is 1030 g/mol. The normalized spacial score (nSPS) is 17.5. The first-order valence-electron chi connectivity index (χ1n) is 25.4. The van der Waals surface area contributed by atoms with E-state index in [1.807, 2.05) is 237 Å². The van der Waals surface area contributed by atoms with Gasteiger partial charge >= 0.3 is 0 Å². The molecule has 0 aromatic heterocycles. The Kier molecular flexibility index (Phi) is 15.9. The van der Waals surface area contributed by atoms with Gasteiger partial charge in [-0.2, -0.15) is 0 Å². The topological polar surface area (TPSA) is 107 Å². The monoisotopic (exact) mass is 1030 g/mol. The van der Waals surface area contributed by atoms with E-state index in [2.05, 4.69) is 0 Å². The SMILES string of the molecule is COc1ccc(/C=C2/C(=O)c3ccccc3O[C@@H]2c2ccccc2)cc1.COc1ccc(/C=C2/C(=O)c3ccccc3O[C@@H]2c2ccccc2)cc1.COc1ccc(/C=C2/C(=O)c3ccccc3O[C@@H]2c2ccccc2)cc1. The molecule has 0 fully saturated rings. The fraction of sp³-hybridized carbons (Fsp3) is 0.0870. The van der Waals surface area contributed by atoms with Crippen molar-refractivity contribution in [1.82, 2.24) is 0 Å². The Bertz CT molecular complexity index is 3260. The molecule has 3 aliphatic rings. The van der Waals surface area contributed by atoms with Crippen LogP contribution in [0.4, 0.5) is 0 Å². The molecule has 78 heavy (non-hydrogen) atoms. The van der Waals surface area contributed by atoms with E-state index >= 15 is 0 Å². The van der Waals surface area contributed by atoms with E-state index in [0.29, 0.717) is 50.7 Å². The summed E-state index contributed by atoms with van der Waals surface area (Å²) in [7, 11) is 4.90. The minimum absolute atomic E-state index is 0.00322. The van der Waals surface area contributed by atoms with Crippen molar-refractivity contribution in [2.24, 2.45) is 0 Å². The van der Waals surface area contributed by atoms with Gasteiger partial charge in [0.15, 0.2) is 35.7 Å². The molecule has 9 aromatic carbocycles. The van der Waals surface area contributed by atoms with E-state index in [-0.39, 0.29) is 17.3 Å². The van der Waals surface area contributed by atoms with Gasteiger partial charge in [-0.3, -0.25) is 14.4 Å². The number of carbonyl (C=O) groups is 3. The van der Waals surface area contributed by atoms with Crippen molar-refractivity contribution in [3.05, 3.63) is 303 Å². The van der Waals surface area contributed by atoms with Crippen LogP contribution in [-0.2, 0) is 0 Å². The highest BCUT2D eigenvalue weighted by Crippen LogP contribution is 2.42. The summed E-state index contributed by atoms with van der Waals surface area (Å²) >= 11 is 0. The van der Waals surface area contributed by atoms with Crippen molar-refractivity contribution in [3.8, 4) is 34.5 Å². The highest BCUT2D eigenvalue weighted by Gasteiger charge is 2.35. The van der Waals surface area contributed by atoms with Crippen molar-refractivity contribution in [2.75, 3.05) is 21.3 Å². The lowest BCUT2D eigenvalue weighted by atomic mass is 9.89. The van der Waals surface area contributed by atoms with Crippen LogP contribution in [-0.4, -0.2) is 38.7 Å². The van der Waals surface area contributed by atoms with Crippen molar-refractivity contribution in [1.29, 1.82) is 0 Å². The van der Waals surface area contributed by atoms with E-state index in [0.717, 1.165) is 50.6 Å². The van der Waals surface area contributed by atoms with Crippen LogP contribution in [0.5, 0.6) is 34.5 Å². The molecule has 9 heteroatoms. The number of methoxy groups -OCH3 is 3. The molecule has 9 nitrogen and oxygen atoms in total. The summed E-state index contributed by atoms with van der Waals surface area (Å²) in [6, 6.07) is 74.5. The molecule has 0 aliphatic carbocycles. The summed E-state index contributed by atoms with van der Waals surface area (Å²) in [6.07, 6.45) is 4.40. The zero-order chi connectivity index (χ0) is 53.8. The van der Waals surface area contributed by atoms with Gasteiger partial charge in [-0.1, -0.05) is 164 Å². The first-order chi connectivity index (χ1) is 38.3. The van der Waals surface area contributed by atoms with Gasteiger partial charge in [0.1, 0.15) is 34.5 Å². The molecular formula is C69H54O9. The van der Waals surface area contributed by atoms with Gasteiger partial charge in [-0.05, 0) is 124 Å². The largest absolute Gasteiger partial charge is 0.497 e. The van der Waals surface area contributed by atoms with E-state index in [9.17, 15) is 14.4 Å². The number of hydrogen-bond donors (Lipinski definition) is 0. The summed E-state index contributed by atoms with van der Waals surface area (Å²) in [5.74, 6) is 4.20. The van der Waals surface area contributed by atoms with Gasteiger partial charge in [0, 0.05) is 16.7 Å². The molecule has 384 valence electrons. The molecule has 3 atom stereocenters. The molecule has 0 saturated heterocycles. The fourth-order valence-corrected chi connectivity index (χ4v) is 9.36. The molecule has 0 saturated carbocycles. The molecule has 3 heterocycles. The lowest BCUT2D eigenvalue weighted by molar-refractivity contribution is 0.0955. The summed E-state index contributed by atoms with van der Waals surface area (Å²) in [6.45, 7) is 0. The van der Waals surface area contributed by atoms with Crippen molar-refractivity contribution in [2.45, 2.75) is 18.3 Å². The minimum Gasteiger partial charge on any atom is -0.497 e. The highest BCUT2D eigenvalue weighted by atomic mass is 16.5. The van der Waals surface area contributed by atoms with Crippen LogP contribution in [0.1, 0.15) is 82.8 Å². The number of Topliss-reactive ketones (excluding diaryl/α,β-unsaturated/α-hetero) is 3. The number of hydrogen-bond acceptors (Lipinski definition) is 9. The van der Waals surface area contributed by atoms with Crippen LogP contribution in [0, 0.1) is 0 Å². The maximum Gasteiger partial charge on any atom is 0.196 e. The van der Waals surface area contributed by atoms with Crippen LogP contribution >= 0.6 is 0 Å². The quantitative estimate of drug-likeness (QED) is 0.131. The number of para-hydroxylation sites is 3. The van der Waals surface area contributed by atoms with Crippen molar-refractivity contribution in [3.63, 3.8) is 0 Å². The third kappa shape index (κ3) is 11.6. The second-order valence-electron chi connectivity index (χ2n) is 18.3. The van der Waals surface area contributed by atoms with Gasteiger partial charge in [0.2, 0.25) is 0 Å². The lowest BCUT2D eigenvalue weighted by Crippen LogP contribution is -2.23. The predicted molar refractivity (Wildman–Crippen MR) is 305 cm³/mol. The maximum absolute atomic E-state index is 13.2. The van der Waals surface area contributed by atoms with Gasteiger partial charge in [-0.15, -0.1) is 0 Å². The Balaban J connectivity index is 0.000000132. The Labute approximate surface area is 453 Å². The average Bonchev–Trinajstić information content (AvgIpc) is 3.61. The van der Waals surface area contributed by atoms with Gasteiger partial charge in [0.05, 0.1) is 38.0 Å².